The Labute approximate surface area is 308 Å². The van der Waals surface area contributed by atoms with Crippen LogP contribution in [0.4, 0.5) is 4.79 Å². The summed E-state index contributed by atoms with van der Waals surface area (Å²) in [6.45, 7) is 6.17. The molecule has 7 rings (SSSR count). The third-order valence-electron chi connectivity index (χ3n) is 9.76. The van der Waals surface area contributed by atoms with Crippen LogP contribution in [-0.2, 0) is 39.1 Å². The second kappa shape index (κ2) is 14.6. The molecular formula is C40H40N6O6S. The summed E-state index contributed by atoms with van der Waals surface area (Å²) in [4.78, 5) is 45.9. The third kappa shape index (κ3) is 7.00. The van der Waals surface area contributed by atoms with E-state index in [2.05, 4.69) is 11.9 Å². The fraction of sp³-hybridized carbons (Fsp3) is 0.225. The van der Waals surface area contributed by atoms with Crippen molar-refractivity contribution in [2.75, 3.05) is 19.6 Å². The molecule has 0 saturated carbocycles. The number of fused-ring (bicyclic) bond motifs is 2. The summed E-state index contributed by atoms with van der Waals surface area (Å²) in [5.41, 5.74) is 3.73. The lowest BCUT2D eigenvalue weighted by Crippen LogP contribution is -2.76. The van der Waals surface area contributed by atoms with E-state index in [0.717, 1.165) is 16.7 Å². The molecule has 2 aliphatic heterocycles. The Morgan fingerprint density at radius 2 is 1.66 bits per heavy atom. The van der Waals surface area contributed by atoms with Crippen LogP contribution in [-0.4, -0.2) is 87.0 Å². The van der Waals surface area contributed by atoms with Crippen LogP contribution in [0.5, 0.6) is 5.75 Å². The molecule has 53 heavy (non-hydrogen) atoms. The standard InChI is InChI=1S/C40H40N6O6S/c1-3-21-43-27-38(48)45-36(23-29-14-16-32(47)17-15-29)39(49)42(26-37(45)46(43)40(50)41-24-30-8-5-4-6-9-30)25-31-10-7-11-35-34(31)20-22-44(35)53(51,52)33-18-12-28(2)13-19-33/h3-20,22,36-37,47H,1,21,23-27H2,2H3,(H,41,50)/t36?,37-/m0/s1. The zero-order chi connectivity index (χ0) is 37.3. The number of carbonyl (C=O) groups excluding carboxylic acids is 3. The molecule has 0 aliphatic carbocycles. The van der Waals surface area contributed by atoms with Crippen molar-refractivity contribution in [2.45, 2.75) is 43.5 Å². The summed E-state index contributed by atoms with van der Waals surface area (Å²) in [6, 6.07) is 28.3. The van der Waals surface area contributed by atoms with Crippen molar-refractivity contribution in [1.29, 1.82) is 0 Å². The van der Waals surface area contributed by atoms with Crippen molar-refractivity contribution in [2.24, 2.45) is 0 Å². The molecular weight excluding hydrogens is 693 g/mol. The molecule has 1 aromatic heterocycles. The molecule has 2 saturated heterocycles. The molecule has 4 amide bonds. The number of nitrogens with zero attached hydrogens (tertiary/aromatic N) is 5. The number of hydrazine groups is 1. The zero-order valence-electron chi connectivity index (χ0n) is 29.2. The van der Waals surface area contributed by atoms with E-state index < -0.39 is 28.3 Å². The monoisotopic (exact) mass is 732 g/mol. The first kappa shape index (κ1) is 35.5. The third-order valence-corrected chi connectivity index (χ3v) is 11.5. The number of piperazine rings is 1. The molecule has 12 nitrogen and oxygen atoms in total. The number of urea groups is 1. The number of aryl methyl sites for hydroxylation is 1. The van der Waals surface area contributed by atoms with Gasteiger partial charge in [-0.1, -0.05) is 78.4 Å². The number of hydrogen-bond donors (Lipinski definition) is 2. The highest BCUT2D eigenvalue weighted by molar-refractivity contribution is 7.90. The maximum atomic E-state index is 14.5. The number of rotatable bonds is 10. The van der Waals surface area contributed by atoms with Crippen molar-refractivity contribution < 1.29 is 27.9 Å². The van der Waals surface area contributed by atoms with Crippen molar-refractivity contribution >= 4 is 38.8 Å². The Morgan fingerprint density at radius 1 is 0.925 bits per heavy atom. The second-order valence-electron chi connectivity index (χ2n) is 13.3. The predicted octanol–water partition coefficient (Wildman–Crippen LogP) is 4.63. The summed E-state index contributed by atoms with van der Waals surface area (Å²) in [5, 5.41) is 16.7. The van der Waals surface area contributed by atoms with Crippen LogP contribution < -0.4 is 5.32 Å². The SMILES string of the molecule is C=CCN1CC(=O)N2C(Cc3ccc(O)cc3)C(=O)N(Cc3cccc4c3ccn4S(=O)(=O)c3ccc(C)cc3)C[C@@H]2N1C(=O)NCc1ccccc1. The summed E-state index contributed by atoms with van der Waals surface area (Å²) in [6.07, 6.45) is 2.42. The molecule has 2 aliphatic rings. The van der Waals surface area contributed by atoms with Gasteiger partial charge in [-0.3, -0.25) is 9.59 Å². The number of benzene rings is 4. The number of phenols is 1. The van der Waals surface area contributed by atoms with Crippen molar-refractivity contribution in [3.63, 3.8) is 0 Å². The first-order valence-corrected chi connectivity index (χ1v) is 18.7. The minimum absolute atomic E-state index is 0.00180. The Kier molecular flexibility index (Phi) is 9.78. The van der Waals surface area contributed by atoms with Gasteiger partial charge in [-0.15, -0.1) is 6.58 Å². The van der Waals surface area contributed by atoms with E-state index in [4.69, 9.17) is 0 Å². The molecule has 2 N–H and O–H groups in total. The van der Waals surface area contributed by atoms with Gasteiger partial charge in [-0.25, -0.2) is 27.2 Å². The number of hydrogen-bond acceptors (Lipinski definition) is 7. The minimum Gasteiger partial charge on any atom is -0.508 e. The van der Waals surface area contributed by atoms with Gasteiger partial charge in [0.15, 0.2) is 0 Å². The summed E-state index contributed by atoms with van der Waals surface area (Å²) in [5.74, 6) is -0.544. The smallest absolute Gasteiger partial charge is 0.334 e. The quantitative estimate of drug-likeness (QED) is 0.200. The average molecular weight is 733 g/mol. The second-order valence-corrected chi connectivity index (χ2v) is 15.1. The van der Waals surface area contributed by atoms with Gasteiger partial charge in [0.2, 0.25) is 11.8 Å². The van der Waals surface area contributed by atoms with Crippen LogP contribution in [0, 0.1) is 6.92 Å². The van der Waals surface area contributed by atoms with E-state index in [1.165, 1.54) is 32.2 Å². The molecule has 3 heterocycles. The number of amides is 4. The largest absolute Gasteiger partial charge is 0.508 e. The van der Waals surface area contributed by atoms with E-state index in [0.29, 0.717) is 16.5 Å². The normalized spacial score (nSPS) is 17.9. The molecule has 1 unspecified atom stereocenters. The van der Waals surface area contributed by atoms with Crippen LogP contribution in [0.15, 0.2) is 127 Å². The number of aromatic hydroxyl groups is 1. The highest BCUT2D eigenvalue weighted by atomic mass is 32.2. The van der Waals surface area contributed by atoms with Gasteiger partial charge in [0.05, 0.1) is 23.5 Å². The Balaban J connectivity index is 1.25. The lowest BCUT2D eigenvalue weighted by Gasteiger charge is -2.55. The highest BCUT2D eigenvalue weighted by Gasteiger charge is 2.51. The summed E-state index contributed by atoms with van der Waals surface area (Å²) >= 11 is 0. The Bertz CT molecular complexity index is 2270. The van der Waals surface area contributed by atoms with Gasteiger partial charge in [0.25, 0.3) is 10.0 Å². The average Bonchev–Trinajstić information content (AvgIpc) is 3.60. The first-order chi connectivity index (χ1) is 25.5. The lowest BCUT2D eigenvalue weighted by atomic mass is 9.98. The van der Waals surface area contributed by atoms with E-state index in [1.807, 2.05) is 43.3 Å². The van der Waals surface area contributed by atoms with Crippen LogP contribution in [0.3, 0.4) is 0 Å². The summed E-state index contributed by atoms with van der Waals surface area (Å²) < 4.78 is 28.7. The fourth-order valence-corrected chi connectivity index (χ4v) is 8.48. The van der Waals surface area contributed by atoms with E-state index >= 15 is 0 Å². The van der Waals surface area contributed by atoms with Crippen molar-refractivity contribution in [1.82, 2.24) is 29.1 Å². The molecule has 0 spiro atoms. The number of aromatic nitrogens is 1. The van der Waals surface area contributed by atoms with E-state index in [-0.39, 0.29) is 61.6 Å². The van der Waals surface area contributed by atoms with Crippen LogP contribution >= 0.6 is 0 Å². The Morgan fingerprint density at radius 3 is 2.38 bits per heavy atom. The molecule has 4 aromatic carbocycles. The molecule has 272 valence electrons. The van der Waals surface area contributed by atoms with Crippen LogP contribution in [0.2, 0.25) is 0 Å². The molecule has 0 bridgehead atoms. The van der Waals surface area contributed by atoms with Gasteiger partial charge < -0.3 is 20.2 Å². The molecule has 13 heteroatoms. The van der Waals surface area contributed by atoms with E-state index in [9.17, 15) is 27.9 Å². The number of phenolic OH excluding ortho intramolecular Hbond substituents is 1. The van der Waals surface area contributed by atoms with Gasteiger partial charge in [0, 0.05) is 37.6 Å². The zero-order valence-corrected chi connectivity index (χ0v) is 30.0. The predicted molar refractivity (Wildman–Crippen MR) is 200 cm³/mol. The molecule has 5 aromatic rings. The first-order valence-electron chi connectivity index (χ1n) is 17.3. The summed E-state index contributed by atoms with van der Waals surface area (Å²) in [7, 11) is -3.91. The molecule has 2 fully saturated rings. The number of nitrogens with one attached hydrogen (secondary N) is 1. The minimum atomic E-state index is -3.91. The van der Waals surface area contributed by atoms with Gasteiger partial charge in [-0.2, -0.15) is 0 Å². The lowest BCUT2D eigenvalue weighted by molar-refractivity contribution is -0.189. The van der Waals surface area contributed by atoms with Gasteiger partial charge in [0.1, 0.15) is 18.0 Å². The van der Waals surface area contributed by atoms with E-state index in [1.54, 1.807) is 70.6 Å². The fourth-order valence-electron chi connectivity index (χ4n) is 7.14. The van der Waals surface area contributed by atoms with Crippen LogP contribution in [0.1, 0.15) is 22.3 Å². The topological polar surface area (TPSA) is 136 Å². The maximum Gasteiger partial charge on any atom is 0.334 e. The number of carbonyl (C=O) groups is 3. The molecule has 2 atom stereocenters. The highest BCUT2D eigenvalue weighted by Crippen LogP contribution is 2.32. The van der Waals surface area contributed by atoms with Crippen molar-refractivity contribution in [3.05, 3.63) is 144 Å². The van der Waals surface area contributed by atoms with Gasteiger partial charge in [-0.05, 0) is 60.0 Å². The molecule has 0 radical (unpaired) electrons. The maximum absolute atomic E-state index is 14.5. The van der Waals surface area contributed by atoms with Crippen LogP contribution in [0.25, 0.3) is 10.9 Å². The van der Waals surface area contributed by atoms with Crippen molar-refractivity contribution in [3.8, 4) is 5.75 Å². The van der Waals surface area contributed by atoms with Gasteiger partial charge >= 0.3 is 6.03 Å². The Hall–Kier alpha value is -5.92.